The first-order valence-corrected chi connectivity index (χ1v) is 10.6. The van der Waals surface area contributed by atoms with Gasteiger partial charge in [-0.3, -0.25) is 14.5 Å². The normalized spacial score (nSPS) is 14.5. The second-order valence-electron chi connectivity index (χ2n) is 7.52. The van der Waals surface area contributed by atoms with Crippen LogP contribution in [0.3, 0.4) is 0 Å². The first-order chi connectivity index (χ1) is 15.0. The highest BCUT2D eigenvalue weighted by Gasteiger charge is 2.23. The summed E-state index contributed by atoms with van der Waals surface area (Å²) in [7, 11) is 0. The number of hydrogen-bond acceptors (Lipinski definition) is 5. The third-order valence-corrected chi connectivity index (χ3v) is 5.76. The van der Waals surface area contributed by atoms with Crippen molar-refractivity contribution in [3.05, 3.63) is 81.7 Å². The summed E-state index contributed by atoms with van der Waals surface area (Å²) in [5.41, 5.74) is 2.83. The average Bonchev–Trinajstić information content (AvgIpc) is 2.78. The number of carbonyl (C=O) groups is 1. The summed E-state index contributed by atoms with van der Waals surface area (Å²) in [6, 6.07) is 16.9. The van der Waals surface area contributed by atoms with Gasteiger partial charge in [-0.1, -0.05) is 48.0 Å². The van der Waals surface area contributed by atoms with E-state index in [-0.39, 0.29) is 16.5 Å². The quantitative estimate of drug-likeness (QED) is 0.664. The Morgan fingerprint density at radius 2 is 1.71 bits per heavy atom. The largest absolute Gasteiger partial charge is 0.366 e. The molecule has 1 N–H and O–H groups in total. The fourth-order valence-electron chi connectivity index (χ4n) is 3.65. The number of aromatic nitrogens is 2. The van der Waals surface area contributed by atoms with Gasteiger partial charge in [-0.15, -0.1) is 0 Å². The lowest BCUT2D eigenvalue weighted by Gasteiger charge is -2.35. The van der Waals surface area contributed by atoms with Gasteiger partial charge in [-0.25, -0.2) is 0 Å². The van der Waals surface area contributed by atoms with E-state index in [1.165, 1.54) is 4.68 Å². The molecule has 0 unspecified atom stereocenters. The van der Waals surface area contributed by atoms with Crippen molar-refractivity contribution in [3.8, 4) is 5.69 Å². The Morgan fingerprint density at radius 1 is 1.03 bits per heavy atom. The molecule has 0 saturated carbocycles. The SMILES string of the molecule is Cc1ccccc1NC(=O)CN1CCN(c2cnn(-c3ccccc3)c(=O)c2Cl)CC1. The summed E-state index contributed by atoms with van der Waals surface area (Å²) in [5, 5.41) is 7.43. The average molecular weight is 438 g/mol. The van der Waals surface area contributed by atoms with E-state index in [0.717, 1.165) is 11.3 Å². The molecule has 2 aromatic carbocycles. The van der Waals surface area contributed by atoms with Crippen molar-refractivity contribution in [2.24, 2.45) is 0 Å². The number of halogens is 1. The molecule has 0 radical (unpaired) electrons. The Hall–Kier alpha value is -3.16. The molecular weight excluding hydrogens is 414 g/mol. The van der Waals surface area contributed by atoms with Crippen LogP contribution >= 0.6 is 11.6 Å². The van der Waals surface area contributed by atoms with Gasteiger partial charge in [0.25, 0.3) is 5.56 Å². The van der Waals surface area contributed by atoms with Gasteiger partial charge in [0.2, 0.25) is 5.91 Å². The van der Waals surface area contributed by atoms with Crippen LogP contribution in [0.2, 0.25) is 5.02 Å². The van der Waals surface area contributed by atoms with Crippen molar-refractivity contribution in [3.63, 3.8) is 0 Å². The van der Waals surface area contributed by atoms with Gasteiger partial charge >= 0.3 is 0 Å². The standard InChI is InChI=1S/C23H24ClN5O2/c1-17-7-5-6-10-19(17)26-21(30)16-27-11-13-28(14-12-27)20-15-25-29(23(31)22(20)24)18-8-3-2-4-9-18/h2-10,15H,11-14,16H2,1H3,(H,26,30). The molecule has 0 aliphatic carbocycles. The van der Waals surface area contributed by atoms with Gasteiger partial charge in [0.15, 0.2) is 0 Å². The fraction of sp³-hybridized carbons (Fsp3) is 0.261. The number of benzene rings is 2. The Kier molecular flexibility index (Phi) is 6.34. The molecule has 1 saturated heterocycles. The van der Waals surface area contributed by atoms with Crippen LogP contribution in [-0.2, 0) is 4.79 Å². The minimum Gasteiger partial charge on any atom is -0.366 e. The van der Waals surface area contributed by atoms with Gasteiger partial charge in [-0.2, -0.15) is 9.78 Å². The summed E-state index contributed by atoms with van der Waals surface area (Å²) < 4.78 is 1.30. The van der Waals surface area contributed by atoms with Crippen LogP contribution in [0.1, 0.15) is 5.56 Å². The second-order valence-corrected chi connectivity index (χ2v) is 7.90. The van der Waals surface area contributed by atoms with Crippen molar-refractivity contribution >= 4 is 28.9 Å². The molecule has 1 aromatic heterocycles. The number of anilines is 2. The van der Waals surface area contributed by atoms with E-state index >= 15 is 0 Å². The Bertz CT molecular complexity index is 1120. The molecule has 4 rings (SSSR count). The van der Waals surface area contributed by atoms with Crippen molar-refractivity contribution in [2.75, 3.05) is 42.9 Å². The summed E-state index contributed by atoms with van der Waals surface area (Å²) >= 11 is 6.41. The molecule has 1 amide bonds. The predicted octanol–water partition coefficient (Wildman–Crippen LogP) is 2.96. The molecule has 0 bridgehead atoms. The number of nitrogens with one attached hydrogen (secondary N) is 1. The fourth-order valence-corrected chi connectivity index (χ4v) is 3.90. The third kappa shape index (κ3) is 4.78. The minimum absolute atomic E-state index is 0.0343. The first-order valence-electron chi connectivity index (χ1n) is 10.2. The molecule has 0 spiro atoms. The van der Waals surface area contributed by atoms with E-state index in [1.807, 2.05) is 66.4 Å². The van der Waals surface area contributed by atoms with Crippen molar-refractivity contribution in [2.45, 2.75) is 6.92 Å². The highest BCUT2D eigenvalue weighted by atomic mass is 35.5. The van der Waals surface area contributed by atoms with E-state index < -0.39 is 0 Å². The summed E-state index contributed by atoms with van der Waals surface area (Å²) in [5.74, 6) is -0.0343. The maximum atomic E-state index is 12.7. The topological polar surface area (TPSA) is 70.5 Å². The smallest absolute Gasteiger partial charge is 0.292 e. The van der Waals surface area contributed by atoms with Crippen LogP contribution in [-0.4, -0.2) is 53.3 Å². The van der Waals surface area contributed by atoms with Gasteiger partial charge in [0.1, 0.15) is 5.02 Å². The highest BCUT2D eigenvalue weighted by molar-refractivity contribution is 6.33. The molecule has 1 aliphatic rings. The molecule has 160 valence electrons. The maximum absolute atomic E-state index is 12.7. The third-order valence-electron chi connectivity index (χ3n) is 5.40. The number of nitrogens with zero attached hydrogens (tertiary/aromatic N) is 4. The van der Waals surface area contributed by atoms with Crippen molar-refractivity contribution in [1.82, 2.24) is 14.7 Å². The first kappa shape index (κ1) is 21.1. The lowest BCUT2D eigenvalue weighted by Crippen LogP contribution is -2.49. The zero-order valence-corrected chi connectivity index (χ0v) is 18.0. The number of piperazine rings is 1. The maximum Gasteiger partial charge on any atom is 0.292 e. The van der Waals surface area contributed by atoms with Gasteiger partial charge < -0.3 is 10.2 Å². The second kappa shape index (κ2) is 9.32. The van der Waals surface area contributed by atoms with Gasteiger partial charge in [-0.05, 0) is 30.7 Å². The zero-order valence-electron chi connectivity index (χ0n) is 17.3. The number of rotatable bonds is 5. The molecule has 0 atom stereocenters. The lowest BCUT2D eigenvalue weighted by molar-refractivity contribution is -0.117. The molecule has 2 heterocycles. The van der Waals surface area contributed by atoms with E-state index in [2.05, 4.69) is 15.3 Å². The molecule has 3 aromatic rings. The Balaban J connectivity index is 1.38. The minimum atomic E-state index is -0.342. The number of aryl methyl sites for hydroxylation is 1. The Morgan fingerprint density at radius 3 is 2.42 bits per heavy atom. The molecule has 1 fully saturated rings. The molecule has 7 nitrogen and oxygen atoms in total. The summed E-state index contributed by atoms with van der Waals surface area (Å²) in [6.07, 6.45) is 1.64. The van der Waals surface area contributed by atoms with E-state index in [1.54, 1.807) is 6.20 Å². The summed E-state index contributed by atoms with van der Waals surface area (Å²) in [6.45, 7) is 5.00. The van der Waals surface area contributed by atoms with E-state index in [0.29, 0.717) is 44.1 Å². The van der Waals surface area contributed by atoms with Crippen molar-refractivity contribution < 1.29 is 4.79 Å². The van der Waals surface area contributed by atoms with Crippen LogP contribution in [0.15, 0.2) is 65.6 Å². The molecular formula is C23H24ClN5O2. The number of para-hydroxylation sites is 2. The van der Waals surface area contributed by atoms with Gasteiger partial charge in [0, 0.05) is 31.9 Å². The van der Waals surface area contributed by atoms with Crippen LogP contribution in [0.25, 0.3) is 5.69 Å². The predicted molar refractivity (Wildman–Crippen MR) is 123 cm³/mol. The monoisotopic (exact) mass is 437 g/mol. The van der Waals surface area contributed by atoms with Crippen LogP contribution < -0.4 is 15.8 Å². The van der Waals surface area contributed by atoms with Crippen LogP contribution in [0.5, 0.6) is 0 Å². The van der Waals surface area contributed by atoms with Crippen LogP contribution in [0, 0.1) is 6.92 Å². The number of amides is 1. The zero-order chi connectivity index (χ0) is 21.8. The molecule has 31 heavy (non-hydrogen) atoms. The Labute approximate surface area is 185 Å². The van der Waals surface area contributed by atoms with Gasteiger partial charge in [0.05, 0.1) is 24.1 Å². The molecule has 1 aliphatic heterocycles. The van der Waals surface area contributed by atoms with E-state index in [4.69, 9.17) is 11.6 Å². The van der Waals surface area contributed by atoms with E-state index in [9.17, 15) is 9.59 Å². The lowest BCUT2D eigenvalue weighted by atomic mass is 10.2. The summed E-state index contributed by atoms with van der Waals surface area (Å²) in [4.78, 5) is 29.3. The molecule has 8 heteroatoms. The highest BCUT2D eigenvalue weighted by Crippen LogP contribution is 2.23. The number of hydrogen-bond donors (Lipinski definition) is 1. The number of carbonyl (C=O) groups excluding carboxylic acids is 1. The van der Waals surface area contributed by atoms with Crippen LogP contribution in [0.4, 0.5) is 11.4 Å². The van der Waals surface area contributed by atoms with Crippen molar-refractivity contribution in [1.29, 1.82) is 0 Å².